The highest BCUT2D eigenvalue weighted by molar-refractivity contribution is 5.66. The first-order valence-electron chi connectivity index (χ1n) is 4.03. The Morgan fingerprint density at radius 1 is 1.38 bits per heavy atom. The summed E-state index contributed by atoms with van der Waals surface area (Å²) in [7, 11) is 0. The summed E-state index contributed by atoms with van der Waals surface area (Å²) in [6.07, 6.45) is -1.12. The van der Waals surface area contributed by atoms with Crippen molar-refractivity contribution in [2.75, 3.05) is 26.2 Å². The Morgan fingerprint density at radius 2 is 2.00 bits per heavy atom. The van der Waals surface area contributed by atoms with Crippen molar-refractivity contribution < 1.29 is 18.7 Å². The van der Waals surface area contributed by atoms with E-state index >= 15 is 0 Å². The van der Waals surface area contributed by atoms with E-state index in [0.29, 0.717) is 0 Å². The lowest BCUT2D eigenvalue weighted by Gasteiger charge is -2.48. The van der Waals surface area contributed by atoms with Gasteiger partial charge in [-0.3, -0.25) is 0 Å². The van der Waals surface area contributed by atoms with Gasteiger partial charge >= 0.3 is 6.09 Å². The zero-order valence-electron chi connectivity index (χ0n) is 6.89. The summed E-state index contributed by atoms with van der Waals surface area (Å²) in [5.41, 5.74) is -1.13. The first-order valence-corrected chi connectivity index (χ1v) is 4.03. The molecule has 74 valence electrons. The Labute approximate surface area is 73.5 Å². The first-order chi connectivity index (χ1) is 5.97. The van der Waals surface area contributed by atoms with Crippen LogP contribution in [0.25, 0.3) is 0 Å². The maximum absolute atomic E-state index is 13.2. The zero-order chi connectivity index (χ0) is 9.69. The second-order valence-corrected chi connectivity index (χ2v) is 3.73. The smallest absolute Gasteiger partial charge is 0.407 e. The number of hydrogen-bond acceptors (Lipinski definition) is 2. The van der Waals surface area contributed by atoms with Crippen LogP contribution in [0.3, 0.4) is 0 Å². The lowest BCUT2D eigenvalue weighted by molar-refractivity contribution is -0.146. The summed E-state index contributed by atoms with van der Waals surface area (Å²) < 4.78 is 26.4. The fourth-order valence-corrected chi connectivity index (χ4v) is 1.94. The third kappa shape index (κ3) is 1.01. The highest BCUT2D eigenvalue weighted by Crippen LogP contribution is 2.46. The predicted octanol–water partition coefficient (Wildman–Crippen LogP) is 0.205. The first kappa shape index (κ1) is 8.68. The molecule has 2 heterocycles. The average molecular weight is 192 g/mol. The van der Waals surface area contributed by atoms with Gasteiger partial charge in [-0.25, -0.2) is 13.6 Å². The van der Waals surface area contributed by atoms with Gasteiger partial charge in [0.2, 0.25) is 0 Å². The molecule has 2 aliphatic rings. The molecule has 2 aliphatic heterocycles. The molecule has 2 rings (SSSR count). The van der Waals surface area contributed by atoms with E-state index in [9.17, 15) is 13.6 Å². The Hall–Kier alpha value is -0.910. The summed E-state index contributed by atoms with van der Waals surface area (Å²) in [6.45, 7) is -0.227. The maximum atomic E-state index is 13.2. The molecule has 2 saturated heterocycles. The van der Waals surface area contributed by atoms with Gasteiger partial charge in [-0.15, -0.1) is 0 Å². The van der Waals surface area contributed by atoms with Gasteiger partial charge in [0.25, 0.3) is 5.92 Å². The van der Waals surface area contributed by atoms with E-state index in [0.717, 1.165) is 4.90 Å². The van der Waals surface area contributed by atoms with Gasteiger partial charge in [0, 0.05) is 19.6 Å². The number of rotatable bonds is 0. The number of likely N-dealkylation sites (tertiary alicyclic amines) is 1. The van der Waals surface area contributed by atoms with Crippen molar-refractivity contribution in [1.29, 1.82) is 0 Å². The summed E-state index contributed by atoms with van der Waals surface area (Å²) in [4.78, 5) is 11.4. The van der Waals surface area contributed by atoms with Crippen LogP contribution in [0, 0.1) is 5.41 Å². The van der Waals surface area contributed by atoms with E-state index in [-0.39, 0.29) is 26.2 Å². The molecule has 0 aromatic carbocycles. The van der Waals surface area contributed by atoms with Crippen LogP contribution in [-0.2, 0) is 0 Å². The Kier molecular flexibility index (Phi) is 1.54. The number of alkyl halides is 2. The van der Waals surface area contributed by atoms with Crippen LogP contribution in [0.4, 0.5) is 13.6 Å². The van der Waals surface area contributed by atoms with Crippen molar-refractivity contribution >= 4 is 6.09 Å². The molecule has 2 fully saturated rings. The second kappa shape index (κ2) is 2.31. The molecule has 4 nitrogen and oxygen atoms in total. The summed E-state index contributed by atoms with van der Waals surface area (Å²) in [6, 6.07) is 0. The van der Waals surface area contributed by atoms with Gasteiger partial charge in [-0.1, -0.05) is 0 Å². The van der Waals surface area contributed by atoms with E-state index in [4.69, 9.17) is 5.11 Å². The number of amides is 1. The lowest BCUT2D eigenvalue weighted by Crippen LogP contribution is -2.65. The topological polar surface area (TPSA) is 52.6 Å². The number of nitrogens with zero attached hydrogens (tertiary/aromatic N) is 1. The average Bonchev–Trinajstić information content (AvgIpc) is 2.20. The Bertz CT molecular complexity index is 251. The van der Waals surface area contributed by atoms with Crippen molar-refractivity contribution in [2.24, 2.45) is 5.41 Å². The third-order valence-electron chi connectivity index (χ3n) is 2.84. The van der Waals surface area contributed by atoms with Gasteiger partial charge in [0.05, 0.1) is 12.0 Å². The molecule has 0 radical (unpaired) electrons. The minimum Gasteiger partial charge on any atom is -0.465 e. The lowest BCUT2D eigenvalue weighted by atomic mass is 9.76. The summed E-state index contributed by atoms with van der Waals surface area (Å²) in [5.74, 6) is -2.76. The van der Waals surface area contributed by atoms with Crippen molar-refractivity contribution in [1.82, 2.24) is 10.2 Å². The van der Waals surface area contributed by atoms with Crippen LogP contribution in [0.5, 0.6) is 0 Å². The van der Waals surface area contributed by atoms with Gasteiger partial charge in [-0.2, -0.15) is 0 Å². The van der Waals surface area contributed by atoms with Crippen molar-refractivity contribution in [3.8, 4) is 0 Å². The predicted molar refractivity (Wildman–Crippen MR) is 39.8 cm³/mol. The highest BCUT2D eigenvalue weighted by Gasteiger charge is 2.64. The van der Waals surface area contributed by atoms with Crippen molar-refractivity contribution in [3.05, 3.63) is 0 Å². The van der Waals surface area contributed by atoms with E-state index in [1.54, 1.807) is 0 Å². The maximum Gasteiger partial charge on any atom is 0.407 e. The molecule has 13 heavy (non-hydrogen) atoms. The van der Waals surface area contributed by atoms with Gasteiger partial charge in [-0.05, 0) is 0 Å². The van der Waals surface area contributed by atoms with E-state index in [1.165, 1.54) is 0 Å². The van der Waals surface area contributed by atoms with Crippen LogP contribution in [0.2, 0.25) is 0 Å². The van der Waals surface area contributed by atoms with E-state index < -0.39 is 17.4 Å². The monoisotopic (exact) mass is 192 g/mol. The SMILES string of the molecule is O=C(O)N1CC2(CNCC2(F)F)C1. The molecule has 0 aromatic rings. The minimum absolute atomic E-state index is 0.0532. The van der Waals surface area contributed by atoms with Crippen molar-refractivity contribution in [3.63, 3.8) is 0 Å². The normalized spacial score (nSPS) is 28.9. The number of carboxylic acid groups (broad SMARTS) is 1. The summed E-state index contributed by atoms with van der Waals surface area (Å²) >= 11 is 0. The molecule has 0 saturated carbocycles. The zero-order valence-corrected chi connectivity index (χ0v) is 6.89. The van der Waals surface area contributed by atoms with Crippen LogP contribution >= 0.6 is 0 Å². The molecule has 0 bridgehead atoms. The van der Waals surface area contributed by atoms with E-state index in [1.807, 2.05) is 0 Å². The molecule has 0 aliphatic carbocycles. The quantitative estimate of drug-likeness (QED) is 0.576. The molecule has 6 heteroatoms. The fourth-order valence-electron chi connectivity index (χ4n) is 1.94. The largest absolute Gasteiger partial charge is 0.465 e. The molecule has 0 atom stereocenters. The molecular formula is C7H10F2N2O2. The molecule has 0 unspecified atom stereocenters. The molecule has 2 N–H and O–H groups in total. The minimum atomic E-state index is -2.76. The fraction of sp³-hybridized carbons (Fsp3) is 0.857. The van der Waals surface area contributed by atoms with Gasteiger partial charge in [0.15, 0.2) is 0 Å². The highest BCUT2D eigenvalue weighted by atomic mass is 19.3. The van der Waals surface area contributed by atoms with Crippen LogP contribution in [0.1, 0.15) is 0 Å². The Balaban J connectivity index is 2.07. The van der Waals surface area contributed by atoms with Crippen LogP contribution in [-0.4, -0.2) is 48.2 Å². The third-order valence-corrected chi connectivity index (χ3v) is 2.84. The van der Waals surface area contributed by atoms with Crippen LogP contribution in [0.15, 0.2) is 0 Å². The van der Waals surface area contributed by atoms with Gasteiger partial charge in [0.1, 0.15) is 0 Å². The molecule has 1 spiro atoms. The number of hydrogen-bond donors (Lipinski definition) is 2. The second-order valence-electron chi connectivity index (χ2n) is 3.73. The van der Waals surface area contributed by atoms with Crippen LogP contribution < -0.4 is 5.32 Å². The van der Waals surface area contributed by atoms with Gasteiger partial charge < -0.3 is 15.3 Å². The van der Waals surface area contributed by atoms with E-state index in [2.05, 4.69) is 5.32 Å². The van der Waals surface area contributed by atoms with Crippen molar-refractivity contribution in [2.45, 2.75) is 5.92 Å². The number of halogens is 2. The molecule has 0 aromatic heterocycles. The summed E-state index contributed by atoms with van der Waals surface area (Å²) in [5, 5.41) is 11.1. The molecular weight excluding hydrogens is 182 g/mol. The number of carbonyl (C=O) groups is 1. The molecule has 1 amide bonds. The standard InChI is InChI=1S/C7H10F2N2O2/c8-7(9)2-10-1-6(7)3-11(4-6)5(12)13/h10H,1-4H2,(H,12,13). The number of nitrogens with one attached hydrogen (secondary N) is 1. The Morgan fingerprint density at radius 3 is 2.38 bits per heavy atom.